The summed E-state index contributed by atoms with van der Waals surface area (Å²) in [6.07, 6.45) is 1.98. The number of hydrogen-bond acceptors (Lipinski definition) is 5. The van der Waals surface area contributed by atoms with E-state index >= 15 is 0 Å². The summed E-state index contributed by atoms with van der Waals surface area (Å²) in [6, 6.07) is 4.00. The van der Waals surface area contributed by atoms with Gasteiger partial charge in [0.25, 0.3) is 5.76 Å². The van der Waals surface area contributed by atoms with Crippen LogP contribution in [0.3, 0.4) is 0 Å². The highest BCUT2D eigenvalue weighted by atomic mass is 35.5. The van der Waals surface area contributed by atoms with E-state index in [0.717, 1.165) is 0 Å². The van der Waals surface area contributed by atoms with Gasteiger partial charge in [-0.05, 0) is 6.42 Å². The summed E-state index contributed by atoms with van der Waals surface area (Å²) in [6.45, 7) is 2.16. The molecule has 0 aliphatic rings. The van der Waals surface area contributed by atoms with Crippen LogP contribution in [0.4, 0.5) is 0 Å². The second kappa shape index (κ2) is 6.74. The van der Waals surface area contributed by atoms with Gasteiger partial charge in [0.2, 0.25) is 0 Å². The Morgan fingerprint density at radius 3 is 2.62 bits per heavy atom. The minimum Gasteiger partial charge on any atom is -0.508 e. The molecule has 7 heteroatoms. The van der Waals surface area contributed by atoms with Crippen LogP contribution in [0.25, 0.3) is 0 Å². The summed E-state index contributed by atoms with van der Waals surface area (Å²) >= 11 is 11.9. The average Bonchev–Trinajstić information content (AvgIpc) is 2.88. The van der Waals surface area contributed by atoms with Crippen LogP contribution in [0.1, 0.15) is 23.9 Å². The van der Waals surface area contributed by atoms with Crippen molar-refractivity contribution < 1.29 is 23.8 Å². The van der Waals surface area contributed by atoms with Gasteiger partial charge in [0.1, 0.15) is 5.75 Å². The first-order valence-electron chi connectivity index (χ1n) is 6.13. The molecule has 112 valence electrons. The van der Waals surface area contributed by atoms with E-state index in [4.69, 9.17) is 37.1 Å². The zero-order chi connectivity index (χ0) is 15.4. The third kappa shape index (κ3) is 3.62. The maximum atomic E-state index is 11.8. The minimum atomic E-state index is -0.636. The molecule has 2 aromatic rings. The molecule has 2 rings (SSSR count). The molecule has 0 radical (unpaired) electrons. The number of phenols is 1. The zero-order valence-corrected chi connectivity index (χ0v) is 12.6. The number of halogens is 2. The van der Waals surface area contributed by atoms with E-state index in [1.54, 1.807) is 0 Å². The number of carbonyl (C=O) groups excluding carboxylic acids is 1. The van der Waals surface area contributed by atoms with Gasteiger partial charge in [-0.3, -0.25) is 0 Å². The van der Waals surface area contributed by atoms with E-state index in [2.05, 4.69) is 0 Å². The van der Waals surface area contributed by atoms with Crippen molar-refractivity contribution in [2.45, 2.75) is 13.3 Å². The summed E-state index contributed by atoms with van der Waals surface area (Å²) in [4.78, 5) is 11.8. The molecule has 0 unspecified atom stereocenters. The quantitative estimate of drug-likeness (QED) is 0.808. The molecule has 5 nitrogen and oxygen atoms in total. The topological polar surface area (TPSA) is 68.9 Å². The fraction of sp³-hybridized carbons (Fsp3) is 0.214. The Morgan fingerprint density at radius 2 is 2.00 bits per heavy atom. The predicted molar refractivity (Wildman–Crippen MR) is 77.5 cm³/mol. The van der Waals surface area contributed by atoms with Gasteiger partial charge in [-0.1, -0.05) is 30.1 Å². The van der Waals surface area contributed by atoms with Crippen molar-refractivity contribution in [2.75, 3.05) is 6.61 Å². The molecule has 0 amide bonds. The van der Waals surface area contributed by atoms with E-state index in [1.165, 1.54) is 24.5 Å². The van der Waals surface area contributed by atoms with Gasteiger partial charge >= 0.3 is 5.97 Å². The molecule has 0 bridgehead atoms. The fourth-order valence-corrected chi connectivity index (χ4v) is 2.09. The highest BCUT2D eigenvalue weighted by Crippen LogP contribution is 2.40. The zero-order valence-electron chi connectivity index (χ0n) is 11.1. The number of benzene rings is 1. The highest BCUT2D eigenvalue weighted by Gasteiger charge is 2.21. The van der Waals surface area contributed by atoms with Gasteiger partial charge in [0.15, 0.2) is 11.5 Å². The number of furan rings is 1. The Morgan fingerprint density at radius 1 is 1.33 bits per heavy atom. The summed E-state index contributed by atoms with van der Waals surface area (Å²) in [5.74, 6) is -0.564. The van der Waals surface area contributed by atoms with Gasteiger partial charge in [-0.2, -0.15) is 0 Å². The van der Waals surface area contributed by atoms with Gasteiger partial charge < -0.3 is 19.0 Å². The fourth-order valence-electron chi connectivity index (χ4n) is 1.54. The second-order valence-corrected chi connectivity index (χ2v) is 4.90. The Bertz CT molecular complexity index is 628. The van der Waals surface area contributed by atoms with Gasteiger partial charge in [0.05, 0.1) is 22.9 Å². The van der Waals surface area contributed by atoms with E-state index in [0.29, 0.717) is 6.42 Å². The lowest BCUT2D eigenvalue weighted by Crippen LogP contribution is -2.06. The van der Waals surface area contributed by atoms with Crippen molar-refractivity contribution in [3.63, 3.8) is 0 Å². The number of hydrogen-bond donors (Lipinski definition) is 1. The molecular formula is C14H12Cl2O5. The van der Waals surface area contributed by atoms with Crippen molar-refractivity contribution in [1.29, 1.82) is 0 Å². The normalized spacial score (nSPS) is 10.4. The van der Waals surface area contributed by atoms with Crippen molar-refractivity contribution in [2.24, 2.45) is 0 Å². The minimum absolute atomic E-state index is 0.0799. The monoisotopic (exact) mass is 330 g/mol. The standard InChI is InChI=1S/C14H12Cl2O5/c1-2-4-20-14(18)13-11(3-5-19-13)21-12-9(15)6-8(17)7-10(12)16/h3,5-7,17H,2,4H2,1H3. The molecule has 1 heterocycles. The van der Waals surface area contributed by atoms with Crippen molar-refractivity contribution in [3.05, 3.63) is 40.3 Å². The highest BCUT2D eigenvalue weighted by molar-refractivity contribution is 6.37. The number of aromatic hydroxyl groups is 1. The molecule has 0 saturated heterocycles. The van der Waals surface area contributed by atoms with Crippen LogP contribution >= 0.6 is 23.2 Å². The Hall–Kier alpha value is -1.85. The lowest BCUT2D eigenvalue weighted by Gasteiger charge is -2.09. The van der Waals surface area contributed by atoms with E-state index in [9.17, 15) is 9.90 Å². The molecule has 0 aliphatic carbocycles. The number of rotatable bonds is 5. The van der Waals surface area contributed by atoms with Crippen molar-refractivity contribution in [1.82, 2.24) is 0 Å². The second-order valence-electron chi connectivity index (χ2n) is 4.09. The maximum absolute atomic E-state index is 11.8. The molecule has 0 spiro atoms. The molecule has 21 heavy (non-hydrogen) atoms. The van der Waals surface area contributed by atoms with Crippen molar-refractivity contribution in [3.8, 4) is 17.2 Å². The van der Waals surface area contributed by atoms with Crippen LogP contribution in [-0.4, -0.2) is 17.7 Å². The number of ether oxygens (including phenoxy) is 2. The lowest BCUT2D eigenvalue weighted by molar-refractivity contribution is 0.0465. The molecule has 0 aliphatic heterocycles. The largest absolute Gasteiger partial charge is 0.508 e. The number of esters is 1. The molecule has 0 fully saturated rings. The first-order valence-corrected chi connectivity index (χ1v) is 6.89. The van der Waals surface area contributed by atoms with E-state index < -0.39 is 5.97 Å². The molecule has 0 atom stereocenters. The van der Waals surface area contributed by atoms with Crippen LogP contribution in [-0.2, 0) is 4.74 Å². The Labute approximate surface area is 131 Å². The molecule has 1 N–H and O–H groups in total. The Balaban J connectivity index is 2.25. The van der Waals surface area contributed by atoms with Crippen LogP contribution in [0, 0.1) is 0 Å². The lowest BCUT2D eigenvalue weighted by atomic mass is 10.3. The molecular weight excluding hydrogens is 319 g/mol. The average molecular weight is 331 g/mol. The third-order valence-corrected chi connectivity index (χ3v) is 3.01. The van der Waals surface area contributed by atoms with Crippen LogP contribution in [0.15, 0.2) is 28.9 Å². The van der Waals surface area contributed by atoms with Gasteiger partial charge in [-0.15, -0.1) is 0 Å². The third-order valence-electron chi connectivity index (χ3n) is 2.45. The number of carbonyl (C=O) groups is 1. The van der Waals surface area contributed by atoms with Crippen LogP contribution in [0.2, 0.25) is 10.0 Å². The van der Waals surface area contributed by atoms with Crippen LogP contribution < -0.4 is 4.74 Å². The van der Waals surface area contributed by atoms with Crippen LogP contribution in [0.5, 0.6) is 17.2 Å². The smallest absolute Gasteiger partial charge is 0.378 e. The maximum Gasteiger partial charge on any atom is 0.378 e. The summed E-state index contributed by atoms with van der Waals surface area (Å²) in [5, 5.41) is 9.58. The van der Waals surface area contributed by atoms with E-state index in [-0.39, 0.29) is 39.7 Å². The van der Waals surface area contributed by atoms with Crippen molar-refractivity contribution >= 4 is 29.2 Å². The SMILES string of the molecule is CCCOC(=O)c1occc1Oc1c(Cl)cc(O)cc1Cl. The predicted octanol–water partition coefficient (Wildman–Crippen LogP) is 4.65. The van der Waals surface area contributed by atoms with Gasteiger partial charge in [-0.25, -0.2) is 4.79 Å². The summed E-state index contributed by atoms with van der Waals surface area (Å²) in [7, 11) is 0. The first kappa shape index (κ1) is 15.5. The van der Waals surface area contributed by atoms with E-state index in [1.807, 2.05) is 6.92 Å². The molecule has 0 saturated carbocycles. The molecule has 1 aromatic heterocycles. The molecule has 1 aromatic carbocycles. The number of phenolic OH excluding ortho intramolecular Hbond substituents is 1. The van der Waals surface area contributed by atoms with Gasteiger partial charge in [0, 0.05) is 18.2 Å². The summed E-state index contributed by atoms with van der Waals surface area (Å²) < 4.78 is 15.5. The summed E-state index contributed by atoms with van der Waals surface area (Å²) in [5.41, 5.74) is 0. The first-order chi connectivity index (χ1) is 10.0. The Kier molecular flexibility index (Phi) is 4.98.